The molecule has 1 aromatic rings. The van der Waals surface area contributed by atoms with Crippen LogP contribution in [-0.4, -0.2) is 18.9 Å². The smallest absolute Gasteiger partial charge is 0.339 e. The Morgan fingerprint density at radius 3 is 2.67 bits per heavy atom. The van der Waals surface area contributed by atoms with Gasteiger partial charge in [0.1, 0.15) is 0 Å². The molecule has 2 fully saturated rings. The molecule has 0 bridgehead atoms. The zero-order chi connectivity index (χ0) is 14.7. The predicted octanol–water partition coefficient (Wildman–Crippen LogP) is 3.09. The lowest BCUT2D eigenvalue weighted by molar-refractivity contribution is -0.186. The molecule has 114 valence electrons. The lowest BCUT2D eigenvalue weighted by Crippen LogP contribution is -2.44. The number of nitrogens with one attached hydrogen (secondary N) is 2. The Morgan fingerprint density at radius 1 is 1.29 bits per heavy atom. The number of rotatable bonds is 4. The van der Waals surface area contributed by atoms with E-state index in [1.165, 1.54) is 0 Å². The fourth-order valence-electron chi connectivity index (χ4n) is 2.55. The number of hydroxylamine groups is 1. The number of ether oxygens (including phenoxy) is 1. The molecule has 1 saturated carbocycles. The van der Waals surface area contributed by atoms with Gasteiger partial charge in [0, 0.05) is 18.1 Å². The zero-order valence-electron chi connectivity index (χ0n) is 11.7. The van der Waals surface area contributed by atoms with E-state index in [9.17, 15) is 4.79 Å². The fourth-order valence-corrected chi connectivity index (χ4v) is 2.67. The van der Waals surface area contributed by atoms with E-state index >= 15 is 0 Å². The molecule has 1 saturated heterocycles. The van der Waals surface area contributed by atoms with Crippen LogP contribution >= 0.6 is 11.6 Å². The highest BCUT2D eigenvalue weighted by atomic mass is 35.5. The lowest BCUT2D eigenvalue weighted by atomic mass is 10.1. The average molecular weight is 311 g/mol. The number of carbonyl (C=O) groups excluding carboxylic acids is 1. The Balaban J connectivity index is 1.51. The van der Waals surface area contributed by atoms with Crippen molar-refractivity contribution >= 4 is 17.6 Å². The molecular formula is C15H19ClN2O3. The molecule has 1 aliphatic carbocycles. The van der Waals surface area contributed by atoms with Crippen molar-refractivity contribution in [1.29, 1.82) is 0 Å². The van der Waals surface area contributed by atoms with Crippen LogP contribution in [0.3, 0.4) is 0 Å². The lowest BCUT2D eigenvalue weighted by Gasteiger charge is -2.23. The van der Waals surface area contributed by atoms with Crippen LogP contribution in [0.4, 0.5) is 4.79 Å². The molecule has 1 atom stereocenters. The molecule has 1 aromatic carbocycles. The van der Waals surface area contributed by atoms with E-state index in [4.69, 9.17) is 21.2 Å². The summed E-state index contributed by atoms with van der Waals surface area (Å²) in [6.45, 7) is 0.683. The Morgan fingerprint density at radius 2 is 2.05 bits per heavy atom. The van der Waals surface area contributed by atoms with E-state index in [1.807, 2.05) is 24.3 Å². The maximum absolute atomic E-state index is 12.0. The number of carbonyl (C=O) groups is 1. The fraction of sp³-hybridized carbons (Fsp3) is 0.533. The molecule has 21 heavy (non-hydrogen) atoms. The largest absolute Gasteiger partial charge is 0.350 e. The maximum atomic E-state index is 12.0. The zero-order valence-corrected chi connectivity index (χ0v) is 12.5. The molecule has 6 heteroatoms. The van der Waals surface area contributed by atoms with Crippen molar-refractivity contribution < 1.29 is 14.4 Å². The normalized spacial score (nSPS) is 23.4. The van der Waals surface area contributed by atoms with Gasteiger partial charge in [-0.2, -0.15) is 0 Å². The summed E-state index contributed by atoms with van der Waals surface area (Å²) < 4.78 is 5.39. The van der Waals surface area contributed by atoms with Crippen LogP contribution in [-0.2, 0) is 15.1 Å². The van der Waals surface area contributed by atoms with Crippen molar-refractivity contribution in [3.05, 3.63) is 34.9 Å². The van der Waals surface area contributed by atoms with E-state index in [1.54, 1.807) is 0 Å². The number of hydrogen-bond donors (Lipinski definition) is 2. The summed E-state index contributed by atoms with van der Waals surface area (Å²) in [6.07, 6.45) is 4.41. The first kappa shape index (κ1) is 14.6. The Bertz CT molecular complexity index is 496. The summed E-state index contributed by atoms with van der Waals surface area (Å²) in [5.74, 6) is 0. The highest BCUT2D eigenvalue weighted by Gasteiger charge is 2.45. The molecule has 1 heterocycles. The maximum Gasteiger partial charge on any atom is 0.339 e. The van der Waals surface area contributed by atoms with Crippen LogP contribution < -0.4 is 10.8 Å². The second-order valence-electron chi connectivity index (χ2n) is 5.56. The van der Waals surface area contributed by atoms with Gasteiger partial charge in [-0.25, -0.2) is 15.1 Å². The van der Waals surface area contributed by atoms with Gasteiger partial charge in [0.25, 0.3) is 0 Å². The molecule has 0 unspecified atom stereocenters. The van der Waals surface area contributed by atoms with Gasteiger partial charge in [0.05, 0.1) is 5.54 Å². The summed E-state index contributed by atoms with van der Waals surface area (Å²) >= 11 is 5.89. The first-order valence-corrected chi connectivity index (χ1v) is 7.67. The summed E-state index contributed by atoms with van der Waals surface area (Å²) in [7, 11) is 0. The van der Waals surface area contributed by atoms with E-state index in [0.29, 0.717) is 11.6 Å². The number of halogens is 1. The monoisotopic (exact) mass is 310 g/mol. The average Bonchev–Trinajstić information content (AvgIpc) is 3.27. The highest BCUT2D eigenvalue weighted by molar-refractivity contribution is 6.30. The highest BCUT2D eigenvalue weighted by Crippen LogP contribution is 2.45. The molecular weight excluding hydrogens is 292 g/mol. The molecule has 1 aliphatic heterocycles. The first-order valence-electron chi connectivity index (χ1n) is 7.29. The van der Waals surface area contributed by atoms with Gasteiger partial charge in [-0.3, -0.25) is 0 Å². The number of urea groups is 1. The topological polar surface area (TPSA) is 59.6 Å². The van der Waals surface area contributed by atoms with Crippen LogP contribution in [0.5, 0.6) is 0 Å². The minimum absolute atomic E-state index is 0.286. The van der Waals surface area contributed by atoms with Crippen LogP contribution in [0.15, 0.2) is 24.3 Å². The first-order chi connectivity index (χ1) is 10.2. The van der Waals surface area contributed by atoms with Gasteiger partial charge in [0.2, 0.25) is 0 Å². The van der Waals surface area contributed by atoms with Gasteiger partial charge in [0.15, 0.2) is 6.29 Å². The summed E-state index contributed by atoms with van der Waals surface area (Å²) in [5.41, 5.74) is 3.21. The van der Waals surface area contributed by atoms with E-state index in [0.717, 1.165) is 37.7 Å². The summed E-state index contributed by atoms with van der Waals surface area (Å²) in [5, 5.41) is 3.66. The third-order valence-corrected chi connectivity index (χ3v) is 4.17. The molecule has 0 aromatic heterocycles. The van der Waals surface area contributed by atoms with Crippen LogP contribution in [0.2, 0.25) is 5.02 Å². The summed E-state index contributed by atoms with van der Waals surface area (Å²) in [4.78, 5) is 17.2. The van der Waals surface area contributed by atoms with Crippen molar-refractivity contribution in [2.45, 2.75) is 43.9 Å². The van der Waals surface area contributed by atoms with Crippen LogP contribution in [0, 0.1) is 0 Å². The van der Waals surface area contributed by atoms with E-state index in [-0.39, 0.29) is 17.9 Å². The minimum atomic E-state index is -0.338. The minimum Gasteiger partial charge on any atom is -0.350 e. The molecule has 2 aliphatic rings. The van der Waals surface area contributed by atoms with Gasteiger partial charge in [-0.1, -0.05) is 23.7 Å². The Labute approximate surface area is 128 Å². The van der Waals surface area contributed by atoms with Crippen LogP contribution in [0.1, 0.15) is 37.7 Å². The SMILES string of the molecule is O=C(NO[C@H]1CCCCO1)NC1(c2ccc(Cl)cc2)CC1. The van der Waals surface area contributed by atoms with Crippen molar-refractivity contribution in [3.63, 3.8) is 0 Å². The number of benzene rings is 1. The molecule has 2 N–H and O–H groups in total. The van der Waals surface area contributed by atoms with Crippen molar-refractivity contribution in [1.82, 2.24) is 10.8 Å². The predicted molar refractivity (Wildman–Crippen MR) is 78.7 cm³/mol. The van der Waals surface area contributed by atoms with E-state index < -0.39 is 0 Å². The third-order valence-electron chi connectivity index (χ3n) is 3.92. The van der Waals surface area contributed by atoms with E-state index in [2.05, 4.69) is 10.8 Å². The second kappa shape index (κ2) is 6.22. The molecule has 0 spiro atoms. The summed E-state index contributed by atoms with van der Waals surface area (Å²) in [6, 6.07) is 7.23. The molecule has 3 rings (SSSR count). The molecule has 0 radical (unpaired) electrons. The molecule has 5 nitrogen and oxygen atoms in total. The van der Waals surface area contributed by atoms with Crippen LogP contribution in [0.25, 0.3) is 0 Å². The van der Waals surface area contributed by atoms with Crippen molar-refractivity contribution in [3.8, 4) is 0 Å². The van der Waals surface area contributed by atoms with Gasteiger partial charge < -0.3 is 10.1 Å². The molecule has 2 amide bonds. The third kappa shape index (κ3) is 3.67. The Hall–Kier alpha value is -1.30. The van der Waals surface area contributed by atoms with Gasteiger partial charge in [-0.15, -0.1) is 0 Å². The standard InChI is InChI=1S/C15H19ClN2O3/c16-12-6-4-11(5-7-12)15(8-9-15)17-14(19)18-21-13-3-1-2-10-20-13/h4-7,13H,1-3,8-10H2,(H2,17,18,19)/t13-/m0/s1. The van der Waals surface area contributed by atoms with Crippen molar-refractivity contribution in [2.24, 2.45) is 0 Å². The van der Waals surface area contributed by atoms with Crippen molar-refractivity contribution in [2.75, 3.05) is 6.61 Å². The Kier molecular flexibility index (Phi) is 4.33. The quantitative estimate of drug-likeness (QED) is 0.840. The second-order valence-corrected chi connectivity index (χ2v) is 6.00. The van der Waals surface area contributed by atoms with Gasteiger partial charge >= 0.3 is 6.03 Å². The van der Waals surface area contributed by atoms with Gasteiger partial charge in [-0.05, 0) is 43.4 Å². The number of hydrogen-bond acceptors (Lipinski definition) is 3. The number of amides is 2.